The molecule has 0 aromatic carbocycles. The maximum Gasteiger partial charge on any atom is 0.275 e. The molecule has 1 aliphatic rings. The molecule has 2 rings (SSSR count). The quantitative estimate of drug-likeness (QED) is 0.837. The maximum absolute atomic E-state index is 12.4. The number of hydrogen-bond acceptors (Lipinski definition) is 7. The summed E-state index contributed by atoms with van der Waals surface area (Å²) < 4.78 is 24.2. The SMILES string of the molecule is CCS(=O)(=O)C1CSCCN1C(=O)c1cnc(N)cn1. The third-order valence-electron chi connectivity index (χ3n) is 3.05. The lowest BCUT2D eigenvalue weighted by Crippen LogP contribution is -2.50. The topological polar surface area (TPSA) is 106 Å². The second kappa shape index (κ2) is 5.96. The summed E-state index contributed by atoms with van der Waals surface area (Å²) in [7, 11) is -3.32. The predicted molar refractivity (Wildman–Crippen MR) is 78.1 cm³/mol. The van der Waals surface area contributed by atoms with Gasteiger partial charge in [-0.1, -0.05) is 6.92 Å². The average molecular weight is 316 g/mol. The van der Waals surface area contributed by atoms with Crippen LogP contribution in [0.15, 0.2) is 12.4 Å². The molecular weight excluding hydrogens is 300 g/mol. The predicted octanol–water partition coefficient (Wildman–Crippen LogP) is 0.00860. The summed E-state index contributed by atoms with van der Waals surface area (Å²) in [6.45, 7) is 1.97. The molecule has 1 aromatic rings. The Bertz CT molecular complexity index is 588. The van der Waals surface area contributed by atoms with E-state index in [2.05, 4.69) is 9.97 Å². The van der Waals surface area contributed by atoms with E-state index in [0.29, 0.717) is 18.1 Å². The molecule has 0 bridgehead atoms. The van der Waals surface area contributed by atoms with Crippen LogP contribution in [0.2, 0.25) is 0 Å². The van der Waals surface area contributed by atoms with Crippen LogP contribution >= 0.6 is 11.8 Å². The van der Waals surface area contributed by atoms with Gasteiger partial charge >= 0.3 is 0 Å². The Morgan fingerprint density at radius 2 is 2.25 bits per heavy atom. The Morgan fingerprint density at radius 1 is 1.50 bits per heavy atom. The van der Waals surface area contributed by atoms with Gasteiger partial charge < -0.3 is 10.6 Å². The summed E-state index contributed by atoms with van der Waals surface area (Å²) in [5.74, 6) is 0.914. The number of aromatic nitrogens is 2. The van der Waals surface area contributed by atoms with E-state index in [9.17, 15) is 13.2 Å². The molecule has 0 saturated carbocycles. The fourth-order valence-electron chi connectivity index (χ4n) is 1.90. The highest BCUT2D eigenvalue weighted by molar-refractivity contribution is 8.01. The monoisotopic (exact) mass is 316 g/mol. The smallest absolute Gasteiger partial charge is 0.275 e. The second-order valence-electron chi connectivity index (χ2n) is 4.31. The Morgan fingerprint density at radius 3 is 2.85 bits per heavy atom. The minimum Gasteiger partial charge on any atom is -0.382 e. The van der Waals surface area contributed by atoms with Crippen molar-refractivity contribution in [3.05, 3.63) is 18.1 Å². The Labute approximate surface area is 121 Å². The lowest BCUT2D eigenvalue weighted by Gasteiger charge is -2.34. The van der Waals surface area contributed by atoms with Gasteiger partial charge in [0.05, 0.1) is 12.4 Å². The zero-order chi connectivity index (χ0) is 14.8. The van der Waals surface area contributed by atoms with E-state index in [1.54, 1.807) is 6.92 Å². The van der Waals surface area contributed by atoms with Crippen molar-refractivity contribution >= 4 is 33.3 Å². The Balaban J connectivity index is 2.28. The van der Waals surface area contributed by atoms with Gasteiger partial charge in [0.1, 0.15) is 16.9 Å². The zero-order valence-corrected chi connectivity index (χ0v) is 12.7. The van der Waals surface area contributed by atoms with Gasteiger partial charge in [-0.05, 0) is 0 Å². The molecule has 0 aliphatic carbocycles. The molecule has 110 valence electrons. The largest absolute Gasteiger partial charge is 0.382 e. The number of nitrogens with zero attached hydrogens (tertiary/aromatic N) is 3. The van der Waals surface area contributed by atoms with Gasteiger partial charge in [0.2, 0.25) is 0 Å². The molecule has 9 heteroatoms. The molecule has 0 radical (unpaired) electrons. The molecule has 20 heavy (non-hydrogen) atoms. The molecule has 1 aromatic heterocycles. The number of anilines is 1. The Hall–Kier alpha value is -1.35. The maximum atomic E-state index is 12.4. The first-order valence-corrected chi connectivity index (χ1v) is 9.00. The summed E-state index contributed by atoms with van der Waals surface area (Å²) in [5.41, 5.74) is 5.54. The van der Waals surface area contributed by atoms with Gasteiger partial charge in [0.15, 0.2) is 9.84 Å². The minimum absolute atomic E-state index is 0.00935. The van der Waals surface area contributed by atoms with E-state index in [1.165, 1.54) is 29.1 Å². The number of nitrogen functional groups attached to an aromatic ring is 1. The molecule has 1 amide bonds. The molecule has 2 heterocycles. The van der Waals surface area contributed by atoms with E-state index >= 15 is 0 Å². The summed E-state index contributed by atoms with van der Waals surface area (Å²) in [6, 6.07) is 0. The van der Waals surface area contributed by atoms with Gasteiger partial charge in [-0.3, -0.25) is 4.79 Å². The standard InChI is InChI=1S/C11H16N4O3S2/c1-2-20(17,18)10-7-19-4-3-15(10)11(16)8-5-14-9(12)6-13-8/h5-6,10H,2-4,7H2,1H3,(H2,12,14). The van der Waals surface area contributed by atoms with E-state index in [-0.39, 0.29) is 17.3 Å². The fourth-order valence-corrected chi connectivity index (χ4v) is 4.86. The van der Waals surface area contributed by atoms with Crippen molar-refractivity contribution in [1.29, 1.82) is 0 Å². The lowest BCUT2D eigenvalue weighted by atomic mass is 10.3. The van der Waals surface area contributed by atoms with E-state index in [4.69, 9.17) is 5.73 Å². The van der Waals surface area contributed by atoms with Crippen molar-refractivity contribution in [2.75, 3.05) is 29.5 Å². The van der Waals surface area contributed by atoms with E-state index < -0.39 is 21.1 Å². The number of sulfone groups is 1. The highest BCUT2D eigenvalue weighted by Crippen LogP contribution is 2.22. The van der Waals surface area contributed by atoms with Gasteiger partial charge in [-0.25, -0.2) is 18.4 Å². The highest BCUT2D eigenvalue weighted by atomic mass is 32.2. The van der Waals surface area contributed by atoms with Gasteiger partial charge in [0, 0.05) is 23.8 Å². The molecule has 7 nitrogen and oxygen atoms in total. The molecule has 2 N–H and O–H groups in total. The van der Waals surface area contributed by atoms with Crippen LogP contribution < -0.4 is 5.73 Å². The van der Waals surface area contributed by atoms with Crippen molar-refractivity contribution in [3.63, 3.8) is 0 Å². The van der Waals surface area contributed by atoms with Crippen LogP contribution in [0.1, 0.15) is 17.4 Å². The highest BCUT2D eigenvalue weighted by Gasteiger charge is 2.36. The molecule has 1 unspecified atom stereocenters. The summed E-state index contributed by atoms with van der Waals surface area (Å²) in [6.07, 6.45) is 2.56. The van der Waals surface area contributed by atoms with Gasteiger partial charge in [-0.2, -0.15) is 11.8 Å². The lowest BCUT2D eigenvalue weighted by molar-refractivity contribution is 0.0743. The minimum atomic E-state index is -3.32. The number of carbonyl (C=O) groups excluding carboxylic acids is 1. The van der Waals surface area contributed by atoms with Crippen LogP contribution in [-0.4, -0.2) is 58.4 Å². The van der Waals surface area contributed by atoms with Crippen LogP contribution in [0, 0.1) is 0 Å². The second-order valence-corrected chi connectivity index (χ2v) is 7.90. The van der Waals surface area contributed by atoms with Crippen molar-refractivity contribution in [1.82, 2.24) is 14.9 Å². The van der Waals surface area contributed by atoms with Gasteiger partial charge in [-0.15, -0.1) is 0 Å². The Kier molecular flexibility index (Phi) is 4.48. The van der Waals surface area contributed by atoms with Crippen LogP contribution in [0.3, 0.4) is 0 Å². The molecule has 0 spiro atoms. The normalized spacial score (nSPS) is 19.9. The summed E-state index contributed by atoms with van der Waals surface area (Å²) in [4.78, 5) is 21.5. The zero-order valence-electron chi connectivity index (χ0n) is 11.0. The first kappa shape index (κ1) is 15.0. The summed E-state index contributed by atoms with van der Waals surface area (Å²) in [5, 5.41) is -0.793. The molecule has 1 atom stereocenters. The van der Waals surface area contributed by atoms with Crippen molar-refractivity contribution in [2.45, 2.75) is 12.3 Å². The fraction of sp³-hybridized carbons (Fsp3) is 0.545. The number of nitrogens with two attached hydrogens (primary N) is 1. The van der Waals surface area contributed by atoms with Crippen molar-refractivity contribution in [3.8, 4) is 0 Å². The van der Waals surface area contributed by atoms with E-state index in [1.807, 2.05) is 0 Å². The first-order valence-electron chi connectivity index (χ1n) is 6.13. The number of amides is 1. The molecule has 1 aliphatic heterocycles. The van der Waals surface area contributed by atoms with Crippen LogP contribution in [-0.2, 0) is 9.84 Å². The summed E-state index contributed by atoms with van der Waals surface area (Å²) >= 11 is 1.53. The number of rotatable bonds is 3. The van der Waals surface area contributed by atoms with Crippen molar-refractivity contribution in [2.24, 2.45) is 0 Å². The van der Waals surface area contributed by atoms with Crippen LogP contribution in [0.25, 0.3) is 0 Å². The van der Waals surface area contributed by atoms with Crippen molar-refractivity contribution < 1.29 is 13.2 Å². The number of carbonyl (C=O) groups is 1. The average Bonchev–Trinajstić information content (AvgIpc) is 2.47. The van der Waals surface area contributed by atoms with E-state index in [0.717, 1.165) is 0 Å². The number of hydrogen-bond donors (Lipinski definition) is 1. The van der Waals surface area contributed by atoms with Crippen LogP contribution in [0.5, 0.6) is 0 Å². The van der Waals surface area contributed by atoms with Gasteiger partial charge in [0.25, 0.3) is 5.91 Å². The van der Waals surface area contributed by atoms with Crippen LogP contribution in [0.4, 0.5) is 5.82 Å². The third-order valence-corrected chi connectivity index (χ3v) is 6.34. The first-order chi connectivity index (χ1) is 9.45. The third kappa shape index (κ3) is 3.04. The number of thioether (sulfide) groups is 1. The molecular formula is C11H16N4O3S2. The molecule has 1 fully saturated rings. The molecule has 1 saturated heterocycles.